The molecule has 0 bridgehead atoms. The SMILES string of the molecule is COc1ccc(Nc2c(C(=O)N3CCCCC3)cnc3nc(C)ccc23)cc1. The number of carbonyl (C=O) groups is 1. The molecule has 3 heterocycles. The van der Waals surface area contributed by atoms with E-state index < -0.39 is 0 Å². The Hall–Kier alpha value is -3.15. The van der Waals surface area contributed by atoms with Crippen LogP contribution in [0.3, 0.4) is 0 Å². The van der Waals surface area contributed by atoms with Gasteiger partial charge in [-0.05, 0) is 62.6 Å². The van der Waals surface area contributed by atoms with E-state index in [9.17, 15) is 4.79 Å². The largest absolute Gasteiger partial charge is 0.497 e. The molecule has 144 valence electrons. The number of hydrogen-bond donors (Lipinski definition) is 1. The molecule has 0 aliphatic carbocycles. The number of rotatable bonds is 4. The highest BCUT2D eigenvalue weighted by Crippen LogP contribution is 2.30. The van der Waals surface area contributed by atoms with Crippen molar-refractivity contribution in [2.45, 2.75) is 26.2 Å². The maximum Gasteiger partial charge on any atom is 0.257 e. The molecule has 0 atom stereocenters. The summed E-state index contributed by atoms with van der Waals surface area (Å²) in [7, 11) is 1.64. The van der Waals surface area contributed by atoms with Crippen LogP contribution in [0.1, 0.15) is 35.3 Å². The summed E-state index contributed by atoms with van der Waals surface area (Å²) in [5.41, 5.74) is 3.73. The lowest BCUT2D eigenvalue weighted by atomic mass is 10.1. The molecule has 0 spiro atoms. The second-order valence-corrected chi connectivity index (χ2v) is 7.08. The maximum absolute atomic E-state index is 13.2. The van der Waals surface area contributed by atoms with Gasteiger partial charge in [0, 0.05) is 36.1 Å². The lowest BCUT2D eigenvalue weighted by molar-refractivity contribution is 0.0725. The van der Waals surface area contributed by atoms with Gasteiger partial charge in [0.05, 0.1) is 18.4 Å². The maximum atomic E-state index is 13.2. The summed E-state index contributed by atoms with van der Waals surface area (Å²) in [6.45, 7) is 3.53. The number of fused-ring (bicyclic) bond motifs is 1. The highest BCUT2D eigenvalue weighted by Gasteiger charge is 2.23. The minimum absolute atomic E-state index is 0.0192. The van der Waals surface area contributed by atoms with E-state index in [1.165, 1.54) is 6.42 Å². The van der Waals surface area contributed by atoms with Gasteiger partial charge in [0.25, 0.3) is 5.91 Å². The van der Waals surface area contributed by atoms with Crippen LogP contribution in [0.2, 0.25) is 0 Å². The average Bonchev–Trinajstić information content (AvgIpc) is 2.74. The van der Waals surface area contributed by atoms with Gasteiger partial charge < -0.3 is 15.0 Å². The van der Waals surface area contributed by atoms with E-state index in [0.717, 1.165) is 54.1 Å². The molecule has 2 aromatic heterocycles. The number of aromatic nitrogens is 2. The first-order valence-corrected chi connectivity index (χ1v) is 9.62. The van der Waals surface area contributed by atoms with Gasteiger partial charge >= 0.3 is 0 Å². The Kier molecular flexibility index (Phi) is 5.10. The van der Waals surface area contributed by atoms with Crippen molar-refractivity contribution in [3.05, 3.63) is 53.9 Å². The number of benzene rings is 1. The van der Waals surface area contributed by atoms with E-state index in [1.807, 2.05) is 48.2 Å². The number of likely N-dealkylation sites (tertiary alicyclic amines) is 1. The number of anilines is 2. The highest BCUT2D eigenvalue weighted by molar-refractivity contribution is 6.07. The van der Waals surface area contributed by atoms with E-state index >= 15 is 0 Å². The lowest BCUT2D eigenvalue weighted by Gasteiger charge is -2.27. The van der Waals surface area contributed by atoms with Gasteiger partial charge in [-0.3, -0.25) is 4.79 Å². The van der Waals surface area contributed by atoms with Crippen LogP contribution in [0.5, 0.6) is 5.75 Å². The molecule has 1 aromatic carbocycles. The minimum atomic E-state index is 0.0192. The summed E-state index contributed by atoms with van der Waals surface area (Å²) >= 11 is 0. The minimum Gasteiger partial charge on any atom is -0.497 e. The van der Waals surface area contributed by atoms with Gasteiger partial charge in [-0.2, -0.15) is 0 Å². The Balaban J connectivity index is 1.78. The topological polar surface area (TPSA) is 67.3 Å². The van der Waals surface area contributed by atoms with Crippen molar-refractivity contribution in [2.24, 2.45) is 0 Å². The van der Waals surface area contributed by atoms with E-state index in [-0.39, 0.29) is 5.91 Å². The molecule has 1 aliphatic heterocycles. The van der Waals surface area contributed by atoms with E-state index in [0.29, 0.717) is 11.2 Å². The fourth-order valence-corrected chi connectivity index (χ4v) is 3.55. The number of nitrogens with one attached hydrogen (secondary N) is 1. The average molecular weight is 376 g/mol. The van der Waals surface area contributed by atoms with Crippen molar-refractivity contribution in [1.29, 1.82) is 0 Å². The predicted octanol–water partition coefficient (Wildman–Crippen LogP) is 4.32. The molecule has 1 N–H and O–H groups in total. The van der Waals surface area contributed by atoms with Gasteiger partial charge in [0.15, 0.2) is 5.65 Å². The number of piperidine rings is 1. The van der Waals surface area contributed by atoms with Crippen LogP contribution in [-0.4, -0.2) is 41.0 Å². The zero-order chi connectivity index (χ0) is 19.5. The van der Waals surface area contributed by atoms with Crippen LogP contribution in [0.25, 0.3) is 11.0 Å². The predicted molar refractivity (Wildman–Crippen MR) is 110 cm³/mol. The van der Waals surface area contributed by atoms with Crippen LogP contribution in [0.15, 0.2) is 42.6 Å². The number of carbonyl (C=O) groups excluding carboxylic acids is 1. The number of ether oxygens (including phenoxy) is 1. The second kappa shape index (κ2) is 7.84. The molecule has 1 aliphatic rings. The van der Waals surface area contributed by atoms with Crippen LogP contribution >= 0.6 is 0 Å². The summed E-state index contributed by atoms with van der Waals surface area (Å²) in [6.07, 6.45) is 4.93. The molecular weight excluding hydrogens is 352 g/mol. The molecule has 4 rings (SSSR count). The van der Waals surface area contributed by atoms with Crippen LogP contribution in [0.4, 0.5) is 11.4 Å². The van der Waals surface area contributed by atoms with Crippen molar-refractivity contribution < 1.29 is 9.53 Å². The third-order valence-electron chi connectivity index (χ3n) is 5.10. The molecule has 0 saturated carbocycles. The highest BCUT2D eigenvalue weighted by atomic mass is 16.5. The van der Waals surface area contributed by atoms with Crippen LogP contribution in [-0.2, 0) is 0 Å². The first kappa shape index (κ1) is 18.2. The van der Waals surface area contributed by atoms with Crippen molar-refractivity contribution in [3.8, 4) is 5.75 Å². The first-order chi connectivity index (χ1) is 13.7. The number of methoxy groups -OCH3 is 1. The standard InChI is InChI=1S/C22H24N4O2/c1-15-6-11-18-20(25-16-7-9-17(28-2)10-8-16)19(14-23-21(18)24-15)22(27)26-12-4-3-5-13-26/h6-11,14H,3-5,12-13H2,1-2H3,(H,23,24,25). The smallest absolute Gasteiger partial charge is 0.257 e. The Morgan fingerprint density at radius 2 is 1.82 bits per heavy atom. The van der Waals surface area contributed by atoms with Gasteiger partial charge in [-0.1, -0.05) is 0 Å². The fraction of sp³-hybridized carbons (Fsp3) is 0.318. The summed E-state index contributed by atoms with van der Waals surface area (Å²) in [5, 5.41) is 4.26. The molecule has 6 nitrogen and oxygen atoms in total. The fourth-order valence-electron chi connectivity index (χ4n) is 3.55. The first-order valence-electron chi connectivity index (χ1n) is 9.62. The van der Waals surface area contributed by atoms with Gasteiger partial charge in [0.1, 0.15) is 5.75 Å². The number of hydrogen-bond acceptors (Lipinski definition) is 5. The second-order valence-electron chi connectivity index (χ2n) is 7.08. The summed E-state index contributed by atoms with van der Waals surface area (Å²) in [5.74, 6) is 0.803. The van der Waals surface area contributed by atoms with Crippen LogP contribution in [0, 0.1) is 6.92 Å². The van der Waals surface area contributed by atoms with E-state index in [2.05, 4.69) is 15.3 Å². The molecule has 6 heteroatoms. The zero-order valence-corrected chi connectivity index (χ0v) is 16.2. The number of pyridine rings is 2. The molecule has 28 heavy (non-hydrogen) atoms. The Morgan fingerprint density at radius 1 is 1.07 bits per heavy atom. The monoisotopic (exact) mass is 376 g/mol. The van der Waals surface area contributed by atoms with E-state index in [1.54, 1.807) is 13.3 Å². The van der Waals surface area contributed by atoms with E-state index in [4.69, 9.17) is 4.74 Å². The Labute approximate surface area is 164 Å². The number of nitrogens with zero attached hydrogens (tertiary/aromatic N) is 3. The zero-order valence-electron chi connectivity index (χ0n) is 16.2. The van der Waals surface area contributed by atoms with Crippen LogP contribution < -0.4 is 10.1 Å². The lowest BCUT2D eigenvalue weighted by Crippen LogP contribution is -2.36. The normalized spacial score (nSPS) is 14.1. The molecule has 0 unspecified atom stereocenters. The molecule has 0 radical (unpaired) electrons. The molecule has 1 saturated heterocycles. The van der Waals surface area contributed by atoms with Gasteiger partial charge in [-0.15, -0.1) is 0 Å². The molecule has 1 fully saturated rings. The molecular formula is C22H24N4O2. The van der Waals surface area contributed by atoms with Crippen molar-refractivity contribution in [3.63, 3.8) is 0 Å². The van der Waals surface area contributed by atoms with Gasteiger partial charge in [0.2, 0.25) is 0 Å². The van der Waals surface area contributed by atoms with Crippen molar-refractivity contribution in [1.82, 2.24) is 14.9 Å². The third kappa shape index (κ3) is 3.63. The van der Waals surface area contributed by atoms with Gasteiger partial charge in [-0.25, -0.2) is 9.97 Å². The Bertz CT molecular complexity index is 995. The number of amides is 1. The molecule has 1 amide bonds. The van der Waals surface area contributed by atoms with Crippen molar-refractivity contribution >= 4 is 28.3 Å². The summed E-state index contributed by atoms with van der Waals surface area (Å²) in [6, 6.07) is 11.6. The summed E-state index contributed by atoms with van der Waals surface area (Å²) < 4.78 is 5.24. The van der Waals surface area contributed by atoms with Crippen molar-refractivity contribution in [2.75, 3.05) is 25.5 Å². The third-order valence-corrected chi connectivity index (χ3v) is 5.10. The Morgan fingerprint density at radius 3 is 2.54 bits per heavy atom. The number of aryl methyl sites for hydroxylation is 1. The molecule has 3 aromatic rings. The summed E-state index contributed by atoms with van der Waals surface area (Å²) in [4.78, 5) is 24.1. The quantitative estimate of drug-likeness (QED) is 0.735.